The first-order valence-corrected chi connectivity index (χ1v) is 10.1. The Morgan fingerprint density at radius 1 is 1.23 bits per heavy atom. The van der Waals surface area contributed by atoms with E-state index in [0.29, 0.717) is 37.6 Å². The number of carbonyl (C=O) groups is 1. The molecule has 9 heteroatoms. The second kappa shape index (κ2) is 8.83. The Balaban J connectivity index is 1.38. The van der Waals surface area contributed by atoms with Crippen molar-refractivity contribution in [2.45, 2.75) is 24.9 Å². The quantitative estimate of drug-likeness (QED) is 0.807. The van der Waals surface area contributed by atoms with E-state index in [9.17, 15) is 4.79 Å². The van der Waals surface area contributed by atoms with Crippen LogP contribution in [0.15, 0.2) is 30.6 Å². The van der Waals surface area contributed by atoms with Gasteiger partial charge in [-0.2, -0.15) is 0 Å². The monoisotopic (exact) mass is 415 g/mol. The molecule has 0 bridgehead atoms. The zero-order valence-electron chi connectivity index (χ0n) is 17.2. The molecule has 160 valence electrons. The zero-order chi connectivity index (χ0) is 21.1. The Bertz CT molecular complexity index is 883. The molecule has 4 rings (SSSR count). The van der Waals surface area contributed by atoms with Crippen molar-refractivity contribution >= 4 is 11.8 Å². The number of carbonyl (C=O) groups excluding carboxylic acids is 1. The standard InChI is InChI=1S/C21H26FN5O3/c1-26(21(28)25-15-7-9-30-10-8-15)16-11-27(12-16)20-18(22)19(23-13-24-20)14-3-5-17(29-2)6-4-14/h3-6,13,15-16H,7-12H2,1-2H3,(H,25,28). The maximum Gasteiger partial charge on any atom is 0.317 e. The Hall–Kier alpha value is -2.94. The fourth-order valence-electron chi connectivity index (χ4n) is 3.69. The van der Waals surface area contributed by atoms with Crippen LogP contribution >= 0.6 is 0 Å². The number of urea groups is 1. The van der Waals surface area contributed by atoms with E-state index in [1.807, 2.05) is 4.90 Å². The molecule has 2 amide bonds. The lowest BCUT2D eigenvalue weighted by molar-refractivity contribution is 0.0773. The first-order valence-electron chi connectivity index (χ1n) is 10.1. The summed E-state index contributed by atoms with van der Waals surface area (Å²) in [5.41, 5.74) is 0.902. The summed E-state index contributed by atoms with van der Waals surface area (Å²) in [5.74, 6) is 0.488. The van der Waals surface area contributed by atoms with Crippen molar-refractivity contribution in [1.29, 1.82) is 0 Å². The minimum absolute atomic E-state index is 0.00337. The van der Waals surface area contributed by atoms with E-state index in [-0.39, 0.29) is 29.6 Å². The molecule has 2 fully saturated rings. The molecule has 1 aromatic carbocycles. The number of ether oxygens (including phenoxy) is 2. The highest BCUT2D eigenvalue weighted by Gasteiger charge is 2.35. The van der Waals surface area contributed by atoms with Gasteiger partial charge < -0.3 is 24.6 Å². The Morgan fingerprint density at radius 3 is 2.60 bits per heavy atom. The number of hydrogen-bond donors (Lipinski definition) is 1. The van der Waals surface area contributed by atoms with Crippen LogP contribution in [0.2, 0.25) is 0 Å². The van der Waals surface area contributed by atoms with Crippen LogP contribution in [-0.2, 0) is 4.74 Å². The summed E-state index contributed by atoms with van der Waals surface area (Å²) in [4.78, 5) is 24.3. The van der Waals surface area contributed by atoms with Crippen molar-refractivity contribution in [2.75, 3.05) is 45.4 Å². The van der Waals surface area contributed by atoms with Crippen molar-refractivity contribution in [3.05, 3.63) is 36.4 Å². The maximum absolute atomic E-state index is 15.1. The number of hydrogen-bond acceptors (Lipinski definition) is 6. The maximum atomic E-state index is 15.1. The predicted molar refractivity (Wildman–Crippen MR) is 110 cm³/mol. The Kier molecular flexibility index (Phi) is 5.98. The summed E-state index contributed by atoms with van der Waals surface area (Å²) in [5, 5.41) is 3.05. The molecule has 0 radical (unpaired) electrons. The third-order valence-corrected chi connectivity index (χ3v) is 5.71. The number of aromatic nitrogens is 2. The van der Waals surface area contributed by atoms with Gasteiger partial charge in [-0.1, -0.05) is 0 Å². The van der Waals surface area contributed by atoms with E-state index in [1.54, 1.807) is 43.3 Å². The number of amides is 2. The zero-order valence-corrected chi connectivity index (χ0v) is 17.2. The van der Waals surface area contributed by atoms with E-state index >= 15 is 4.39 Å². The average Bonchev–Trinajstić information content (AvgIpc) is 2.74. The number of likely N-dealkylation sites (N-methyl/N-ethyl adjacent to an activating group) is 1. The molecule has 1 N–H and O–H groups in total. The molecule has 2 aliphatic heterocycles. The number of halogens is 1. The number of methoxy groups -OCH3 is 1. The van der Waals surface area contributed by atoms with Crippen LogP contribution in [0.3, 0.4) is 0 Å². The van der Waals surface area contributed by atoms with Gasteiger partial charge in [-0.3, -0.25) is 0 Å². The van der Waals surface area contributed by atoms with Crippen LogP contribution in [0, 0.1) is 5.82 Å². The summed E-state index contributed by atoms with van der Waals surface area (Å²) in [7, 11) is 3.36. The van der Waals surface area contributed by atoms with Crippen LogP contribution in [0.5, 0.6) is 5.75 Å². The number of nitrogens with zero attached hydrogens (tertiary/aromatic N) is 4. The third kappa shape index (κ3) is 4.16. The van der Waals surface area contributed by atoms with Crippen molar-refractivity contribution < 1.29 is 18.7 Å². The van der Waals surface area contributed by atoms with Crippen molar-refractivity contribution in [1.82, 2.24) is 20.2 Å². The smallest absolute Gasteiger partial charge is 0.317 e. The lowest BCUT2D eigenvalue weighted by Gasteiger charge is -2.44. The van der Waals surface area contributed by atoms with Gasteiger partial charge >= 0.3 is 6.03 Å². The molecule has 2 aromatic rings. The second-order valence-electron chi connectivity index (χ2n) is 7.59. The van der Waals surface area contributed by atoms with Crippen molar-refractivity contribution in [2.24, 2.45) is 0 Å². The number of rotatable bonds is 5. The van der Waals surface area contributed by atoms with Gasteiger partial charge in [-0.15, -0.1) is 0 Å². The van der Waals surface area contributed by atoms with E-state index in [2.05, 4.69) is 15.3 Å². The molecule has 30 heavy (non-hydrogen) atoms. The Labute approximate surface area is 175 Å². The fourth-order valence-corrected chi connectivity index (χ4v) is 3.69. The average molecular weight is 415 g/mol. The summed E-state index contributed by atoms with van der Waals surface area (Å²) in [6, 6.07) is 7.11. The summed E-state index contributed by atoms with van der Waals surface area (Å²) in [6.07, 6.45) is 3.03. The van der Waals surface area contributed by atoms with E-state index in [4.69, 9.17) is 9.47 Å². The first kappa shape index (κ1) is 20.3. The third-order valence-electron chi connectivity index (χ3n) is 5.71. The summed E-state index contributed by atoms with van der Waals surface area (Å²) in [6.45, 7) is 2.39. The van der Waals surface area contributed by atoms with Crippen molar-refractivity contribution in [3.8, 4) is 17.0 Å². The van der Waals surface area contributed by atoms with Crippen LogP contribution in [0.4, 0.5) is 15.0 Å². The highest BCUT2D eigenvalue weighted by atomic mass is 19.1. The molecule has 2 aliphatic rings. The second-order valence-corrected chi connectivity index (χ2v) is 7.59. The normalized spacial score (nSPS) is 17.4. The lowest BCUT2D eigenvalue weighted by atomic mass is 10.1. The molecule has 0 unspecified atom stereocenters. The fraction of sp³-hybridized carbons (Fsp3) is 0.476. The largest absolute Gasteiger partial charge is 0.497 e. The summed E-state index contributed by atoms with van der Waals surface area (Å²) < 4.78 is 25.6. The molecule has 1 aromatic heterocycles. The van der Waals surface area contributed by atoms with Crippen LogP contribution in [0.25, 0.3) is 11.3 Å². The minimum atomic E-state index is -0.463. The van der Waals surface area contributed by atoms with Gasteiger partial charge in [0.2, 0.25) is 0 Å². The molecule has 2 saturated heterocycles. The van der Waals surface area contributed by atoms with Gasteiger partial charge in [-0.25, -0.2) is 19.2 Å². The van der Waals surface area contributed by atoms with Crippen molar-refractivity contribution in [3.63, 3.8) is 0 Å². The molecule has 0 atom stereocenters. The van der Waals surface area contributed by atoms with Gasteiger partial charge in [0.05, 0.1) is 13.2 Å². The van der Waals surface area contributed by atoms with Crippen LogP contribution in [-0.4, -0.2) is 73.4 Å². The van der Waals surface area contributed by atoms with Gasteiger partial charge in [0, 0.05) is 45.0 Å². The van der Waals surface area contributed by atoms with Crippen LogP contribution in [0.1, 0.15) is 12.8 Å². The Morgan fingerprint density at radius 2 is 1.93 bits per heavy atom. The molecule has 0 spiro atoms. The molecular formula is C21H26FN5O3. The van der Waals surface area contributed by atoms with Gasteiger partial charge in [-0.05, 0) is 37.1 Å². The molecular weight excluding hydrogens is 389 g/mol. The van der Waals surface area contributed by atoms with E-state index < -0.39 is 5.82 Å². The van der Waals surface area contributed by atoms with Gasteiger partial charge in [0.1, 0.15) is 17.8 Å². The predicted octanol–water partition coefficient (Wildman–Crippen LogP) is 2.30. The lowest BCUT2D eigenvalue weighted by Crippen LogP contribution is -2.62. The molecule has 0 aliphatic carbocycles. The number of benzene rings is 1. The van der Waals surface area contributed by atoms with E-state index in [1.165, 1.54) is 6.33 Å². The molecule has 8 nitrogen and oxygen atoms in total. The minimum Gasteiger partial charge on any atom is -0.497 e. The number of anilines is 1. The highest BCUT2D eigenvalue weighted by Crippen LogP contribution is 2.30. The van der Waals surface area contributed by atoms with Crippen LogP contribution < -0.4 is 15.0 Å². The SMILES string of the molecule is COc1ccc(-c2ncnc(N3CC(N(C)C(=O)NC4CCOCC4)C3)c2F)cc1. The van der Waals surface area contributed by atoms with E-state index in [0.717, 1.165) is 12.8 Å². The highest BCUT2D eigenvalue weighted by molar-refractivity contribution is 5.75. The topological polar surface area (TPSA) is 79.8 Å². The summed E-state index contributed by atoms with van der Waals surface area (Å²) >= 11 is 0. The van der Waals surface area contributed by atoms with Gasteiger partial charge in [0.25, 0.3) is 0 Å². The number of nitrogens with one attached hydrogen (secondary N) is 1. The van der Waals surface area contributed by atoms with Gasteiger partial charge in [0.15, 0.2) is 11.6 Å². The first-order chi connectivity index (χ1) is 14.6. The molecule has 0 saturated carbocycles. The molecule has 3 heterocycles.